The molecular formula is C14H28N2OS. The number of carbonyl (C=O) groups is 1. The lowest BCUT2D eigenvalue weighted by molar-refractivity contribution is -0.124. The predicted octanol–water partition coefficient (Wildman–Crippen LogP) is 2.40. The Balaban J connectivity index is 2.55. The van der Waals surface area contributed by atoms with Gasteiger partial charge < -0.3 is 11.1 Å². The predicted molar refractivity (Wildman–Crippen MR) is 79.7 cm³/mol. The summed E-state index contributed by atoms with van der Waals surface area (Å²) in [5.41, 5.74) is 5.24. The summed E-state index contributed by atoms with van der Waals surface area (Å²) in [6.45, 7) is 7.47. The van der Waals surface area contributed by atoms with Crippen LogP contribution in [-0.4, -0.2) is 29.5 Å². The van der Waals surface area contributed by atoms with Crippen LogP contribution in [0.4, 0.5) is 0 Å². The summed E-state index contributed by atoms with van der Waals surface area (Å²) in [7, 11) is 0. The average Bonchev–Trinajstić information content (AvgIpc) is 3.17. The molecule has 1 aliphatic carbocycles. The van der Waals surface area contributed by atoms with E-state index in [9.17, 15) is 4.79 Å². The van der Waals surface area contributed by atoms with Gasteiger partial charge in [0.25, 0.3) is 0 Å². The van der Waals surface area contributed by atoms with Crippen molar-refractivity contribution in [1.29, 1.82) is 0 Å². The molecule has 0 spiro atoms. The molecule has 0 aliphatic heterocycles. The van der Waals surface area contributed by atoms with E-state index in [4.69, 9.17) is 5.73 Å². The molecule has 0 aromatic heterocycles. The summed E-state index contributed by atoms with van der Waals surface area (Å²) >= 11 is 1.88. The van der Waals surface area contributed by atoms with Crippen molar-refractivity contribution < 1.29 is 4.79 Å². The van der Waals surface area contributed by atoms with E-state index in [1.165, 1.54) is 6.42 Å². The molecule has 0 bridgehead atoms. The highest BCUT2D eigenvalue weighted by atomic mass is 32.2. The molecule has 1 amide bonds. The molecular weight excluding hydrogens is 244 g/mol. The maximum Gasteiger partial charge on any atom is 0.238 e. The Kier molecular flexibility index (Phi) is 6.50. The Labute approximate surface area is 116 Å². The SMILES string of the molecule is CCCNC(CSCC(C)CC)(C(N)=O)C1CC1. The highest BCUT2D eigenvalue weighted by molar-refractivity contribution is 7.99. The maximum absolute atomic E-state index is 11.9. The Morgan fingerprint density at radius 2 is 2.17 bits per heavy atom. The number of hydrogen-bond acceptors (Lipinski definition) is 3. The molecule has 0 aromatic carbocycles. The molecule has 0 radical (unpaired) electrons. The Morgan fingerprint density at radius 3 is 2.61 bits per heavy atom. The first kappa shape index (κ1) is 15.8. The summed E-state index contributed by atoms with van der Waals surface area (Å²) in [5.74, 6) is 2.97. The minimum absolute atomic E-state index is 0.157. The zero-order valence-electron chi connectivity index (χ0n) is 12.0. The first-order valence-corrected chi connectivity index (χ1v) is 8.35. The van der Waals surface area contributed by atoms with Crippen molar-refractivity contribution in [3.63, 3.8) is 0 Å². The number of primary amides is 1. The van der Waals surface area contributed by atoms with Crippen LogP contribution in [0.3, 0.4) is 0 Å². The van der Waals surface area contributed by atoms with E-state index in [0.29, 0.717) is 11.8 Å². The second-order valence-electron chi connectivity index (χ2n) is 5.57. The second-order valence-corrected chi connectivity index (χ2v) is 6.60. The topological polar surface area (TPSA) is 55.1 Å². The maximum atomic E-state index is 11.9. The highest BCUT2D eigenvalue weighted by Crippen LogP contribution is 2.41. The number of hydrogen-bond donors (Lipinski definition) is 2. The van der Waals surface area contributed by atoms with Gasteiger partial charge in [0.15, 0.2) is 0 Å². The zero-order valence-corrected chi connectivity index (χ0v) is 12.8. The smallest absolute Gasteiger partial charge is 0.238 e. The molecule has 1 rings (SSSR count). The van der Waals surface area contributed by atoms with Gasteiger partial charge in [-0.3, -0.25) is 4.79 Å². The summed E-state index contributed by atoms with van der Waals surface area (Å²) < 4.78 is 0. The normalized spacial score (nSPS) is 20.4. The van der Waals surface area contributed by atoms with Gasteiger partial charge in [-0.15, -0.1) is 0 Å². The molecule has 0 aromatic rings. The van der Waals surface area contributed by atoms with Crippen LogP contribution in [0.5, 0.6) is 0 Å². The summed E-state index contributed by atoms with van der Waals surface area (Å²) in [6.07, 6.45) is 4.52. The third-order valence-electron chi connectivity index (χ3n) is 3.83. The zero-order chi connectivity index (χ0) is 13.6. The van der Waals surface area contributed by atoms with Gasteiger partial charge in [0.1, 0.15) is 5.54 Å². The lowest BCUT2D eigenvalue weighted by atomic mass is 9.94. The van der Waals surface area contributed by atoms with E-state index in [2.05, 4.69) is 26.1 Å². The molecule has 106 valence electrons. The van der Waals surface area contributed by atoms with Crippen LogP contribution < -0.4 is 11.1 Å². The number of nitrogens with two attached hydrogens (primary N) is 1. The van der Waals surface area contributed by atoms with Crippen molar-refractivity contribution in [2.45, 2.75) is 52.0 Å². The fourth-order valence-corrected chi connectivity index (χ4v) is 3.69. The second kappa shape index (κ2) is 7.39. The first-order valence-electron chi connectivity index (χ1n) is 7.19. The number of amides is 1. The lowest BCUT2D eigenvalue weighted by Gasteiger charge is -2.32. The average molecular weight is 272 g/mol. The quantitative estimate of drug-likeness (QED) is 0.642. The van der Waals surface area contributed by atoms with Crippen molar-refractivity contribution in [1.82, 2.24) is 5.32 Å². The largest absolute Gasteiger partial charge is 0.368 e. The summed E-state index contributed by atoms with van der Waals surface area (Å²) in [6, 6.07) is 0. The van der Waals surface area contributed by atoms with Crippen molar-refractivity contribution in [3.8, 4) is 0 Å². The van der Waals surface area contributed by atoms with E-state index >= 15 is 0 Å². The van der Waals surface area contributed by atoms with Gasteiger partial charge >= 0.3 is 0 Å². The third-order valence-corrected chi connectivity index (χ3v) is 5.30. The van der Waals surface area contributed by atoms with E-state index in [-0.39, 0.29) is 5.91 Å². The van der Waals surface area contributed by atoms with Crippen LogP contribution in [0.2, 0.25) is 0 Å². The fraction of sp³-hybridized carbons (Fsp3) is 0.929. The minimum atomic E-state index is -0.450. The van der Waals surface area contributed by atoms with Crippen LogP contribution in [0.1, 0.15) is 46.5 Å². The third kappa shape index (κ3) is 4.16. The Bertz CT molecular complexity index is 269. The minimum Gasteiger partial charge on any atom is -0.368 e. The molecule has 18 heavy (non-hydrogen) atoms. The number of nitrogens with one attached hydrogen (secondary N) is 1. The van der Waals surface area contributed by atoms with Gasteiger partial charge in [-0.25, -0.2) is 0 Å². The van der Waals surface area contributed by atoms with E-state index in [1.54, 1.807) is 0 Å². The number of thioether (sulfide) groups is 1. The number of rotatable bonds is 10. The van der Waals surface area contributed by atoms with Crippen LogP contribution in [-0.2, 0) is 4.79 Å². The van der Waals surface area contributed by atoms with E-state index in [0.717, 1.165) is 37.3 Å². The van der Waals surface area contributed by atoms with E-state index in [1.807, 2.05) is 11.8 Å². The molecule has 2 unspecified atom stereocenters. The van der Waals surface area contributed by atoms with Crippen LogP contribution in [0.25, 0.3) is 0 Å². The Hall–Kier alpha value is -0.220. The first-order chi connectivity index (χ1) is 8.56. The molecule has 0 heterocycles. The summed E-state index contributed by atoms with van der Waals surface area (Å²) in [4.78, 5) is 11.9. The molecule has 1 aliphatic rings. The highest BCUT2D eigenvalue weighted by Gasteiger charge is 2.49. The monoisotopic (exact) mass is 272 g/mol. The van der Waals surface area contributed by atoms with Gasteiger partial charge in [0, 0.05) is 5.75 Å². The van der Waals surface area contributed by atoms with Gasteiger partial charge in [0.2, 0.25) is 5.91 Å². The van der Waals surface area contributed by atoms with Crippen LogP contribution in [0, 0.1) is 11.8 Å². The fourth-order valence-electron chi connectivity index (χ4n) is 2.14. The van der Waals surface area contributed by atoms with Crippen molar-refractivity contribution in [3.05, 3.63) is 0 Å². The Morgan fingerprint density at radius 1 is 1.50 bits per heavy atom. The number of carbonyl (C=O) groups excluding carboxylic acids is 1. The van der Waals surface area contributed by atoms with Gasteiger partial charge in [-0.2, -0.15) is 11.8 Å². The molecule has 1 fully saturated rings. The van der Waals surface area contributed by atoms with Crippen LogP contribution in [0.15, 0.2) is 0 Å². The summed E-state index contributed by atoms with van der Waals surface area (Å²) in [5, 5.41) is 3.44. The molecule has 3 N–H and O–H groups in total. The lowest BCUT2D eigenvalue weighted by Crippen LogP contribution is -2.59. The van der Waals surface area contributed by atoms with Crippen molar-refractivity contribution in [2.75, 3.05) is 18.1 Å². The van der Waals surface area contributed by atoms with Crippen molar-refractivity contribution >= 4 is 17.7 Å². The van der Waals surface area contributed by atoms with E-state index < -0.39 is 5.54 Å². The van der Waals surface area contributed by atoms with Crippen molar-refractivity contribution in [2.24, 2.45) is 17.6 Å². The molecule has 0 saturated heterocycles. The molecule has 3 nitrogen and oxygen atoms in total. The molecule has 1 saturated carbocycles. The van der Waals surface area contributed by atoms with Crippen LogP contribution >= 0.6 is 11.8 Å². The van der Waals surface area contributed by atoms with Gasteiger partial charge in [-0.05, 0) is 43.4 Å². The van der Waals surface area contributed by atoms with Gasteiger partial charge in [0.05, 0.1) is 0 Å². The standard InChI is InChI=1S/C14H28N2OS/c1-4-8-16-14(13(15)17,12-6-7-12)10-18-9-11(3)5-2/h11-12,16H,4-10H2,1-3H3,(H2,15,17). The molecule has 4 heteroatoms. The van der Waals surface area contributed by atoms with Gasteiger partial charge in [-0.1, -0.05) is 27.2 Å². The molecule has 2 atom stereocenters.